The third-order valence-corrected chi connectivity index (χ3v) is 7.15. The molecule has 2 fully saturated rings. The van der Waals surface area contributed by atoms with Crippen LogP contribution in [0.5, 0.6) is 0 Å². The summed E-state index contributed by atoms with van der Waals surface area (Å²) >= 11 is 0. The van der Waals surface area contributed by atoms with Crippen LogP contribution < -0.4 is 10.5 Å². The van der Waals surface area contributed by atoms with E-state index in [1.54, 1.807) is 0 Å². The Morgan fingerprint density at radius 1 is 1.00 bits per heavy atom. The number of aromatic nitrogens is 2. The van der Waals surface area contributed by atoms with Crippen LogP contribution in [0.1, 0.15) is 23.6 Å². The minimum absolute atomic E-state index is 0.210. The number of benzene rings is 1. The molecule has 0 radical (unpaired) electrons. The lowest BCUT2D eigenvalue weighted by Gasteiger charge is -2.44. The van der Waals surface area contributed by atoms with Crippen LogP contribution in [0.4, 0.5) is 5.69 Å². The smallest absolute Gasteiger partial charge is 0.255 e. The van der Waals surface area contributed by atoms with Crippen LogP contribution in [-0.2, 0) is 17.8 Å². The van der Waals surface area contributed by atoms with Gasteiger partial charge in [-0.15, -0.1) is 0 Å². The fourth-order valence-corrected chi connectivity index (χ4v) is 5.66. The Morgan fingerprint density at radius 2 is 1.87 bits per heavy atom. The highest BCUT2D eigenvalue weighted by atomic mass is 16.5. The zero-order chi connectivity index (χ0) is 20.8. The van der Waals surface area contributed by atoms with E-state index < -0.39 is 0 Å². The molecule has 0 saturated carbocycles. The van der Waals surface area contributed by atoms with Crippen molar-refractivity contribution >= 4 is 16.6 Å². The number of morpholine rings is 1. The summed E-state index contributed by atoms with van der Waals surface area (Å²) in [4.78, 5) is 22.7. The maximum absolute atomic E-state index is 13.3. The third-order valence-electron chi connectivity index (χ3n) is 7.15. The number of hydrogen-bond donors (Lipinski definition) is 0. The Kier molecular flexibility index (Phi) is 4.77. The molecular formula is C25H28N4O2. The number of pyridine rings is 2. The van der Waals surface area contributed by atoms with Gasteiger partial charge in [0.1, 0.15) is 0 Å². The minimum Gasteiger partial charge on any atom is -0.379 e. The molecule has 31 heavy (non-hydrogen) atoms. The van der Waals surface area contributed by atoms with E-state index in [9.17, 15) is 4.79 Å². The summed E-state index contributed by atoms with van der Waals surface area (Å²) in [5.74, 6) is 0.888. The van der Waals surface area contributed by atoms with E-state index in [0.29, 0.717) is 11.8 Å². The molecular weight excluding hydrogens is 388 g/mol. The molecule has 2 atom stereocenters. The van der Waals surface area contributed by atoms with E-state index in [0.717, 1.165) is 63.6 Å². The van der Waals surface area contributed by atoms with Gasteiger partial charge in [-0.25, -0.2) is 0 Å². The Bertz CT molecular complexity index is 1160. The first-order valence-corrected chi connectivity index (χ1v) is 11.4. The second kappa shape index (κ2) is 7.77. The van der Waals surface area contributed by atoms with Gasteiger partial charge in [-0.05, 0) is 30.5 Å². The van der Waals surface area contributed by atoms with Crippen LogP contribution in [0.2, 0.25) is 0 Å². The summed E-state index contributed by atoms with van der Waals surface area (Å²) in [5, 5.41) is 1.21. The molecule has 0 aliphatic carbocycles. The van der Waals surface area contributed by atoms with E-state index >= 15 is 0 Å². The molecule has 6 rings (SSSR count). The molecule has 1 aromatic carbocycles. The van der Waals surface area contributed by atoms with Crippen molar-refractivity contribution in [3.05, 3.63) is 70.3 Å². The van der Waals surface area contributed by atoms with Crippen LogP contribution in [0.25, 0.3) is 10.9 Å². The molecule has 160 valence electrons. The summed E-state index contributed by atoms with van der Waals surface area (Å²) in [6.07, 6.45) is 3.08. The fraction of sp³-hybridized carbons (Fsp3) is 0.440. The van der Waals surface area contributed by atoms with Gasteiger partial charge in [-0.3, -0.25) is 14.7 Å². The average Bonchev–Trinajstić information content (AvgIpc) is 2.81. The molecule has 6 heteroatoms. The van der Waals surface area contributed by atoms with E-state index in [1.165, 1.54) is 23.2 Å². The molecule has 2 aromatic heterocycles. The van der Waals surface area contributed by atoms with Gasteiger partial charge in [0.2, 0.25) is 0 Å². The van der Waals surface area contributed by atoms with Crippen molar-refractivity contribution in [1.29, 1.82) is 0 Å². The van der Waals surface area contributed by atoms with E-state index in [-0.39, 0.29) is 5.56 Å². The first-order chi connectivity index (χ1) is 15.3. The van der Waals surface area contributed by atoms with Gasteiger partial charge in [-0.2, -0.15) is 0 Å². The summed E-state index contributed by atoms with van der Waals surface area (Å²) < 4.78 is 7.53. The molecule has 3 aromatic rings. The second-order valence-electron chi connectivity index (χ2n) is 9.14. The quantitative estimate of drug-likeness (QED) is 0.657. The van der Waals surface area contributed by atoms with Gasteiger partial charge in [-0.1, -0.05) is 24.3 Å². The Balaban J connectivity index is 1.30. The average molecular weight is 417 g/mol. The number of hydrogen-bond acceptors (Lipinski definition) is 5. The van der Waals surface area contributed by atoms with Gasteiger partial charge in [0.15, 0.2) is 0 Å². The first kappa shape index (κ1) is 19.0. The number of ether oxygens (including phenoxy) is 1. The van der Waals surface area contributed by atoms with Crippen molar-refractivity contribution in [2.75, 3.05) is 44.3 Å². The number of piperidine rings is 1. The van der Waals surface area contributed by atoms with Gasteiger partial charge in [0.25, 0.3) is 5.56 Å². The molecule has 0 N–H and O–H groups in total. The van der Waals surface area contributed by atoms with Crippen LogP contribution in [0, 0.1) is 5.92 Å². The molecule has 0 amide bonds. The molecule has 0 spiro atoms. The maximum Gasteiger partial charge on any atom is 0.255 e. The normalized spacial score (nSPS) is 23.7. The maximum atomic E-state index is 13.3. The van der Waals surface area contributed by atoms with E-state index in [1.807, 2.05) is 12.3 Å². The standard InChI is InChI=1S/C25H28N4O2/c30-25-19(16-27-9-11-31-12-10-27)5-6-23-20-13-18(15-29(23)25)14-28(17-20)24-7-8-26-22-4-2-1-3-21(22)24/h1-8,18,20H,9-17H2/t18-,20+/m0/s1. The van der Waals surface area contributed by atoms with Crippen LogP contribution in [-0.4, -0.2) is 53.8 Å². The zero-order valence-electron chi connectivity index (χ0n) is 17.7. The number of para-hydroxylation sites is 1. The summed E-state index contributed by atoms with van der Waals surface area (Å²) in [6, 6.07) is 14.8. The van der Waals surface area contributed by atoms with Crippen LogP contribution in [0.15, 0.2) is 53.5 Å². The Labute approximate surface area is 182 Å². The molecule has 0 unspecified atom stereocenters. The van der Waals surface area contributed by atoms with Crippen molar-refractivity contribution in [3.8, 4) is 0 Å². The SMILES string of the molecule is O=c1c(CN2CCOCC2)ccc2n1C[C@H]1C[C@@H]2CN(c2ccnc3ccccc23)C1. The Hall–Kier alpha value is -2.70. The lowest BCUT2D eigenvalue weighted by molar-refractivity contribution is 0.0339. The predicted octanol–water partition coefficient (Wildman–Crippen LogP) is 2.85. The van der Waals surface area contributed by atoms with Crippen molar-refractivity contribution in [2.45, 2.75) is 25.4 Å². The largest absolute Gasteiger partial charge is 0.379 e. The van der Waals surface area contributed by atoms with E-state index in [4.69, 9.17) is 4.74 Å². The lowest BCUT2D eigenvalue weighted by Crippen LogP contribution is -2.48. The predicted molar refractivity (Wildman–Crippen MR) is 122 cm³/mol. The fourth-order valence-electron chi connectivity index (χ4n) is 5.66. The van der Waals surface area contributed by atoms with Crippen molar-refractivity contribution < 1.29 is 4.74 Å². The Morgan fingerprint density at radius 3 is 2.77 bits per heavy atom. The zero-order valence-corrected chi connectivity index (χ0v) is 17.7. The number of fused-ring (bicyclic) bond motifs is 5. The van der Waals surface area contributed by atoms with E-state index in [2.05, 4.69) is 55.7 Å². The molecule has 2 saturated heterocycles. The highest BCUT2D eigenvalue weighted by molar-refractivity contribution is 5.91. The van der Waals surface area contributed by atoms with Crippen LogP contribution in [0.3, 0.4) is 0 Å². The molecule has 2 bridgehead atoms. The van der Waals surface area contributed by atoms with Crippen LogP contribution >= 0.6 is 0 Å². The molecule has 5 heterocycles. The minimum atomic E-state index is 0.210. The van der Waals surface area contributed by atoms with Gasteiger partial charge in [0, 0.05) is 73.7 Å². The molecule has 3 aliphatic heterocycles. The summed E-state index contributed by atoms with van der Waals surface area (Å²) in [6.45, 7) is 6.82. The highest BCUT2D eigenvalue weighted by Crippen LogP contribution is 2.38. The summed E-state index contributed by atoms with van der Waals surface area (Å²) in [5.41, 5.74) is 4.64. The van der Waals surface area contributed by atoms with Gasteiger partial charge >= 0.3 is 0 Å². The van der Waals surface area contributed by atoms with Crippen molar-refractivity contribution in [1.82, 2.24) is 14.5 Å². The molecule has 3 aliphatic rings. The third kappa shape index (κ3) is 3.44. The van der Waals surface area contributed by atoms with Gasteiger partial charge < -0.3 is 14.2 Å². The number of rotatable bonds is 3. The van der Waals surface area contributed by atoms with Gasteiger partial charge in [0.05, 0.1) is 18.7 Å². The lowest BCUT2D eigenvalue weighted by atomic mass is 9.82. The first-order valence-electron chi connectivity index (χ1n) is 11.4. The summed E-state index contributed by atoms with van der Waals surface area (Å²) in [7, 11) is 0. The second-order valence-corrected chi connectivity index (χ2v) is 9.14. The number of nitrogens with zero attached hydrogens (tertiary/aromatic N) is 4. The topological polar surface area (TPSA) is 50.6 Å². The monoisotopic (exact) mass is 416 g/mol. The molecule has 6 nitrogen and oxygen atoms in total. The van der Waals surface area contributed by atoms with Crippen molar-refractivity contribution in [2.24, 2.45) is 5.92 Å². The highest BCUT2D eigenvalue weighted by Gasteiger charge is 2.35. The number of anilines is 1. The van der Waals surface area contributed by atoms with Crippen molar-refractivity contribution in [3.63, 3.8) is 0 Å².